The summed E-state index contributed by atoms with van der Waals surface area (Å²) in [5, 5.41) is 0.740. The van der Waals surface area contributed by atoms with E-state index in [-0.39, 0.29) is 0 Å². The highest BCUT2D eigenvalue weighted by Gasteiger charge is 2.05. The van der Waals surface area contributed by atoms with Gasteiger partial charge in [0.2, 0.25) is 0 Å². The molecule has 0 aliphatic heterocycles. The molecule has 0 saturated heterocycles. The quantitative estimate of drug-likeness (QED) is 0.783. The van der Waals surface area contributed by atoms with Gasteiger partial charge in [0, 0.05) is 11.1 Å². The van der Waals surface area contributed by atoms with Crippen molar-refractivity contribution in [2.75, 3.05) is 14.1 Å². The molecule has 2 nitrogen and oxygen atoms in total. The van der Waals surface area contributed by atoms with Gasteiger partial charge in [0.1, 0.15) is 12.4 Å². The lowest BCUT2D eigenvalue weighted by Gasteiger charge is -2.19. The molecule has 21 heavy (non-hydrogen) atoms. The molecule has 2 aromatic carbocycles. The van der Waals surface area contributed by atoms with Crippen molar-refractivity contribution in [3.8, 4) is 5.75 Å². The van der Waals surface area contributed by atoms with Gasteiger partial charge in [-0.1, -0.05) is 35.9 Å². The fourth-order valence-electron chi connectivity index (χ4n) is 2.04. The van der Waals surface area contributed by atoms with Crippen LogP contribution in [0.2, 0.25) is 5.02 Å². The molecule has 1 unspecified atom stereocenters. The van der Waals surface area contributed by atoms with Crippen molar-refractivity contribution in [3.05, 3.63) is 64.7 Å². The topological polar surface area (TPSA) is 12.5 Å². The fourth-order valence-corrected chi connectivity index (χ4v) is 2.25. The molecular weight excluding hydrogens is 282 g/mol. The van der Waals surface area contributed by atoms with Gasteiger partial charge >= 0.3 is 0 Å². The summed E-state index contributed by atoms with van der Waals surface area (Å²) in [5.41, 5.74) is 2.40. The monoisotopic (exact) mass is 303 g/mol. The Balaban J connectivity index is 1.90. The Hall–Kier alpha value is -1.51. The summed E-state index contributed by atoms with van der Waals surface area (Å²) in [4.78, 5) is 2.23. The Labute approximate surface area is 132 Å². The van der Waals surface area contributed by atoms with Crippen LogP contribution >= 0.6 is 11.6 Å². The minimum Gasteiger partial charge on any atom is -0.489 e. The largest absolute Gasteiger partial charge is 0.489 e. The van der Waals surface area contributed by atoms with Crippen molar-refractivity contribution in [3.63, 3.8) is 0 Å². The summed E-state index contributed by atoms with van der Waals surface area (Å²) in [6.45, 7) is 2.76. The van der Waals surface area contributed by atoms with Gasteiger partial charge in [0.15, 0.2) is 0 Å². The first-order valence-corrected chi connectivity index (χ1v) is 7.55. The molecule has 2 aromatic rings. The van der Waals surface area contributed by atoms with E-state index in [1.54, 1.807) is 0 Å². The van der Waals surface area contributed by atoms with Gasteiger partial charge in [0.05, 0.1) is 0 Å². The highest BCUT2D eigenvalue weighted by Crippen LogP contribution is 2.17. The number of ether oxygens (including phenoxy) is 1. The summed E-state index contributed by atoms with van der Waals surface area (Å²) < 4.78 is 5.79. The second kappa shape index (κ2) is 7.48. The number of benzene rings is 2. The van der Waals surface area contributed by atoms with E-state index in [2.05, 4.69) is 38.1 Å². The Morgan fingerprint density at radius 3 is 2.38 bits per heavy atom. The molecule has 0 saturated carbocycles. The van der Waals surface area contributed by atoms with Crippen molar-refractivity contribution in [2.24, 2.45) is 0 Å². The SMILES string of the molecule is CC(Cc1ccc(OCc2cccc(Cl)c2)cc1)N(C)C. The molecule has 0 heterocycles. The predicted molar refractivity (Wildman–Crippen MR) is 89.1 cm³/mol. The van der Waals surface area contributed by atoms with Crippen LogP contribution in [0.25, 0.3) is 0 Å². The molecule has 112 valence electrons. The van der Waals surface area contributed by atoms with Crippen molar-refractivity contribution in [2.45, 2.75) is 26.0 Å². The van der Waals surface area contributed by atoms with Crippen molar-refractivity contribution >= 4 is 11.6 Å². The van der Waals surface area contributed by atoms with Gasteiger partial charge in [-0.2, -0.15) is 0 Å². The van der Waals surface area contributed by atoms with E-state index < -0.39 is 0 Å². The third-order valence-electron chi connectivity index (χ3n) is 3.63. The molecule has 0 bridgehead atoms. The number of likely N-dealkylation sites (N-methyl/N-ethyl adjacent to an activating group) is 1. The highest BCUT2D eigenvalue weighted by molar-refractivity contribution is 6.30. The third-order valence-corrected chi connectivity index (χ3v) is 3.87. The molecular formula is C18H22ClNO. The molecule has 0 spiro atoms. The lowest BCUT2D eigenvalue weighted by atomic mass is 10.1. The molecule has 0 amide bonds. The molecule has 0 radical (unpaired) electrons. The lowest BCUT2D eigenvalue weighted by molar-refractivity contribution is 0.304. The minimum atomic E-state index is 0.531. The first kappa shape index (κ1) is 15.9. The van der Waals surface area contributed by atoms with Gasteiger partial charge in [0.25, 0.3) is 0 Å². The molecule has 0 fully saturated rings. The van der Waals surface area contributed by atoms with Crippen LogP contribution in [0.4, 0.5) is 0 Å². The van der Waals surface area contributed by atoms with E-state index in [9.17, 15) is 0 Å². The van der Waals surface area contributed by atoms with Crippen LogP contribution in [-0.2, 0) is 13.0 Å². The van der Waals surface area contributed by atoms with E-state index >= 15 is 0 Å². The standard InChI is InChI=1S/C18H22ClNO/c1-14(20(2)3)11-15-7-9-18(10-8-15)21-13-16-5-4-6-17(19)12-16/h4-10,12,14H,11,13H2,1-3H3. The van der Waals surface area contributed by atoms with E-state index in [1.807, 2.05) is 36.4 Å². The van der Waals surface area contributed by atoms with E-state index in [1.165, 1.54) is 5.56 Å². The van der Waals surface area contributed by atoms with Gasteiger partial charge in [-0.15, -0.1) is 0 Å². The average Bonchev–Trinajstić information content (AvgIpc) is 2.46. The lowest BCUT2D eigenvalue weighted by Crippen LogP contribution is -2.26. The van der Waals surface area contributed by atoms with Gasteiger partial charge in [-0.25, -0.2) is 0 Å². The van der Waals surface area contributed by atoms with E-state index in [4.69, 9.17) is 16.3 Å². The maximum Gasteiger partial charge on any atom is 0.119 e. The molecule has 0 aromatic heterocycles. The van der Waals surface area contributed by atoms with Crippen LogP contribution in [0.15, 0.2) is 48.5 Å². The van der Waals surface area contributed by atoms with Gasteiger partial charge in [-0.05, 0) is 62.8 Å². The van der Waals surface area contributed by atoms with Crippen LogP contribution in [0.1, 0.15) is 18.1 Å². The number of hydrogen-bond acceptors (Lipinski definition) is 2. The first-order valence-electron chi connectivity index (χ1n) is 7.17. The molecule has 3 heteroatoms. The van der Waals surface area contributed by atoms with Crippen molar-refractivity contribution in [1.29, 1.82) is 0 Å². The molecule has 0 aliphatic carbocycles. The first-order chi connectivity index (χ1) is 10.0. The van der Waals surface area contributed by atoms with Crippen molar-refractivity contribution < 1.29 is 4.74 Å². The fraction of sp³-hybridized carbons (Fsp3) is 0.333. The smallest absolute Gasteiger partial charge is 0.119 e. The van der Waals surface area contributed by atoms with Gasteiger partial charge in [-0.3, -0.25) is 0 Å². The predicted octanol–water partition coefficient (Wildman–Crippen LogP) is 4.41. The maximum absolute atomic E-state index is 5.96. The Morgan fingerprint density at radius 2 is 1.76 bits per heavy atom. The van der Waals surface area contributed by atoms with Crippen LogP contribution < -0.4 is 4.74 Å². The second-order valence-corrected chi connectivity index (χ2v) is 6.02. The highest BCUT2D eigenvalue weighted by atomic mass is 35.5. The minimum absolute atomic E-state index is 0.531. The summed E-state index contributed by atoms with van der Waals surface area (Å²) in [6.07, 6.45) is 1.04. The zero-order valence-corrected chi connectivity index (χ0v) is 13.6. The van der Waals surface area contributed by atoms with Crippen LogP contribution in [-0.4, -0.2) is 25.0 Å². The third kappa shape index (κ3) is 5.07. The summed E-state index contributed by atoms with van der Waals surface area (Å²) in [5.74, 6) is 0.885. The molecule has 2 rings (SSSR count). The molecule has 0 aliphatic rings. The Bertz CT molecular complexity index is 566. The summed E-state index contributed by atoms with van der Waals surface area (Å²) >= 11 is 5.96. The number of hydrogen-bond donors (Lipinski definition) is 0. The van der Waals surface area contributed by atoms with Gasteiger partial charge < -0.3 is 9.64 Å². The second-order valence-electron chi connectivity index (χ2n) is 5.58. The number of halogens is 1. The van der Waals surface area contributed by atoms with Crippen molar-refractivity contribution in [1.82, 2.24) is 4.90 Å². The number of rotatable bonds is 6. The average molecular weight is 304 g/mol. The normalized spacial score (nSPS) is 12.4. The Morgan fingerprint density at radius 1 is 1.05 bits per heavy atom. The van der Waals surface area contributed by atoms with Crippen LogP contribution in [0.3, 0.4) is 0 Å². The summed E-state index contributed by atoms with van der Waals surface area (Å²) in [6, 6.07) is 16.6. The zero-order chi connectivity index (χ0) is 15.2. The maximum atomic E-state index is 5.96. The van der Waals surface area contributed by atoms with E-state index in [0.29, 0.717) is 12.6 Å². The van der Waals surface area contributed by atoms with E-state index in [0.717, 1.165) is 22.8 Å². The molecule has 1 atom stereocenters. The van der Waals surface area contributed by atoms with Crippen LogP contribution in [0, 0.1) is 0 Å². The number of nitrogens with zero attached hydrogens (tertiary/aromatic N) is 1. The van der Waals surface area contributed by atoms with Crippen LogP contribution in [0.5, 0.6) is 5.75 Å². The molecule has 0 N–H and O–H groups in total. The summed E-state index contributed by atoms with van der Waals surface area (Å²) in [7, 11) is 4.21. The zero-order valence-electron chi connectivity index (χ0n) is 12.8. The Kier molecular flexibility index (Phi) is 5.66.